The highest BCUT2D eigenvalue weighted by Crippen LogP contribution is 2.33. The topological polar surface area (TPSA) is 38.4 Å². The quantitative estimate of drug-likeness (QED) is 0.374. The van der Waals surface area contributed by atoms with Gasteiger partial charge in [-0.15, -0.1) is 11.6 Å². The van der Waals surface area contributed by atoms with Gasteiger partial charge in [0.25, 0.3) is 0 Å². The number of amidine groups is 1. The lowest BCUT2D eigenvalue weighted by molar-refractivity contribution is 0.628. The third-order valence-corrected chi connectivity index (χ3v) is 2.54. The molecule has 0 atom stereocenters. The molecule has 0 bridgehead atoms. The number of nitrogens with zero attached hydrogens (tertiary/aromatic N) is 1. The van der Waals surface area contributed by atoms with Crippen LogP contribution in [-0.4, -0.2) is 11.7 Å². The zero-order valence-corrected chi connectivity index (χ0v) is 9.17. The van der Waals surface area contributed by atoms with Crippen LogP contribution < -0.4 is 5.73 Å². The van der Waals surface area contributed by atoms with Gasteiger partial charge in [0.2, 0.25) is 0 Å². The van der Waals surface area contributed by atoms with Crippen molar-refractivity contribution in [1.29, 1.82) is 0 Å². The van der Waals surface area contributed by atoms with Gasteiger partial charge in [-0.1, -0.05) is 23.2 Å². The van der Waals surface area contributed by atoms with Crippen molar-refractivity contribution in [2.45, 2.75) is 0 Å². The molecule has 1 rings (SSSR count). The maximum Gasteiger partial charge on any atom is 0.143 e. The minimum absolute atomic E-state index is 0.0275. The van der Waals surface area contributed by atoms with Crippen LogP contribution in [0.5, 0.6) is 0 Å². The van der Waals surface area contributed by atoms with Gasteiger partial charge in [-0.3, -0.25) is 0 Å². The monoisotopic (exact) mass is 254 g/mol. The number of nitrogens with two attached hydrogens (primary N) is 1. The van der Waals surface area contributed by atoms with E-state index in [0.29, 0.717) is 5.69 Å². The molecule has 0 aliphatic carbocycles. The van der Waals surface area contributed by atoms with E-state index in [4.69, 9.17) is 40.5 Å². The summed E-state index contributed by atoms with van der Waals surface area (Å²) in [6, 6.07) is 2.54. The molecule has 0 radical (unpaired) electrons. The van der Waals surface area contributed by atoms with Gasteiger partial charge in [0, 0.05) is 0 Å². The molecular formula is C8H6Cl3FN2. The number of alkyl halides is 1. The fraction of sp³-hybridized carbons (Fsp3) is 0.125. The standard InChI is InChI=1S/C8H6Cl3FN2/c9-3-6(13)14-5-2-1-4(12)7(10)8(5)11/h1-2H,3H2,(H2,13,14). The fourth-order valence-electron chi connectivity index (χ4n) is 0.787. The fourth-order valence-corrected chi connectivity index (χ4v) is 1.20. The van der Waals surface area contributed by atoms with Crippen molar-refractivity contribution < 1.29 is 4.39 Å². The van der Waals surface area contributed by atoms with E-state index in [1.807, 2.05) is 0 Å². The molecule has 2 N–H and O–H groups in total. The molecule has 0 aromatic heterocycles. The summed E-state index contributed by atoms with van der Waals surface area (Å²) in [6.45, 7) is 0. The lowest BCUT2D eigenvalue weighted by atomic mass is 10.3. The average Bonchev–Trinajstić information content (AvgIpc) is 2.19. The Morgan fingerprint density at radius 2 is 2.00 bits per heavy atom. The predicted molar refractivity (Wildman–Crippen MR) is 58.4 cm³/mol. The Labute approximate surface area is 95.5 Å². The molecule has 0 aliphatic heterocycles. The van der Waals surface area contributed by atoms with E-state index in [-0.39, 0.29) is 21.8 Å². The molecule has 0 saturated carbocycles. The molecule has 0 fully saturated rings. The number of hydrogen-bond donors (Lipinski definition) is 1. The van der Waals surface area contributed by atoms with E-state index in [0.717, 1.165) is 6.07 Å². The van der Waals surface area contributed by atoms with Crippen molar-refractivity contribution in [2.24, 2.45) is 10.7 Å². The van der Waals surface area contributed by atoms with Gasteiger partial charge in [-0.25, -0.2) is 9.38 Å². The van der Waals surface area contributed by atoms with E-state index in [9.17, 15) is 4.39 Å². The Morgan fingerprint density at radius 3 is 2.57 bits per heavy atom. The largest absolute Gasteiger partial charge is 0.386 e. The summed E-state index contributed by atoms with van der Waals surface area (Å²) in [5, 5.41) is -0.143. The Bertz CT molecular complexity index is 379. The lowest BCUT2D eigenvalue weighted by Gasteiger charge is -2.02. The van der Waals surface area contributed by atoms with Crippen LogP contribution in [-0.2, 0) is 0 Å². The highest BCUT2D eigenvalue weighted by molar-refractivity contribution is 6.43. The zero-order chi connectivity index (χ0) is 10.7. The minimum atomic E-state index is -0.597. The average molecular weight is 256 g/mol. The predicted octanol–water partition coefficient (Wildman–Crippen LogP) is 3.36. The van der Waals surface area contributed by atoms with Gasteiger partial charge < -0.3 is 5.73 Å². The van der Waals surface area contributed by atoms with Crippen LogP contribution in [0.25, 0.3) is 0 Å². The highest BCUT2D eigenvalue weighted by atomic mass is 35.5. The third kappa shape index (κ3) is 2.50. The molecule has 0 spiro atoms. The molecule has 0 heterocycles. The summed E-state index contributed by atoms with van der Waals surface area (Å²) in [5.74, 6) is -0.331. The molecule has 76 valence electrons. The second-order valence-corrected chi connectivity index (χ2v) is 3.45. The SMILES string of the molecule is NC(CCl)=Nc1ccc(F)c(Cl)c1Cl. The first-order chi connectivity index (χ1) is 6.56. The molecular weight excluding hydrogens is 249 g/mol. The second-order valence-electron chi connectivity index (χ2n) is 2.43. The molecule has 14 heavy (non-hydrogen) atoms. The van der Waals surface area contributed by atoms with Gasteiger partial charge in [0.1, 0.15) is 11.7 Å². The summed E-state index contributed by atoms with van der Waals surface area (Å²) >= 11 is 16.7. The Hall–Kier alpha value is -0.510. The van der Waals surface area contributed by atoms with Crippen LogP contribution in [0, 0.1) is 5.82 Å². The van der Waals surface area contributed by atoms with Gasteiger partial charge >= 0.3 is 0 Å². The van der Waals surface area contributed by atoms with Gasteiger partial charge in [0.05, 0.1) is 21.6 Å². The van der Waals surface area contributed by atoms with Crippen molar-refractivity contribution in [2.75, 3.05) is 5.88 Å². The first kappa shape index (κ1) is 11.6. The third-order valence-electron chi connectivity index (χ3n) is 1.42. The first-order valence-corrected chi connectivity index (χ1v) is 4.87. The Kier molecular flexibility index (Phi) is 3.98. The van der Waals surface area contributed by atoms with Crippen LogP contribution in [0.1, 0.15) is 0 Å². The number of halogens is 4. The van der Waals surface area contributed by atoms with E-state index in [2.05, 4.69) is 4.99 Å². The van der Waals surface area contributed by atoms with E-state index >= 15 is 0 Å². The van der Waals surface area contributed by atoms with Crippen LogP contribution in [0.15, 0.2) is 17.1 Å². The van der Waals surface area contributed by atoms with Crippen LogP contribution in [0.3, 0.4) is 0 Å². The highest BCUT2D eigenvalue weighted by Gasteiger charge is 2.09. The van der Waals surface area contributed by atoms with Crippen molar-refractivity contribution in [3.05, 3.63) is 28.0 Å². The molecule has 1 aromatic carbocycles. The van der Waals surface area contributed by atoms with Gasteiger partial charge in [-0.2, -0.15) is 0 Å². The van der Waals surface area contributed by atoms with E-state index in [1.165, 1.54) is 6.07 Å². The first-order valence-electron chi connectivity index (χ1n) is 3.58. The molecule has 6 heteroatoms. The van der Waals surface area contributed by atoms with Gasteiger partial charge in [-0.05, 0) is 12.1 Å². The smallest absolute Gasteiger partial charge is 0.143 e. The number of rotatable bonds is 2. The maximum atomic E-state index is 12.9. The van der Waals surface area contributed by atoms with Crippen molar-refractivity contribution in [1.82, 2.24) is 0 Å². The van der Waals surface area contributed by atoms with Gasteiger partial charge in [0.15, 0.2) is 0 Å². The molecule has 0 aliphatic rings. The molecule has 1 aromatic rings. The summed E-state index contributed by atoms with van der Waals surface area (Å²) in [6.07, 6.45) is 0. The maximum absolute atomic E-state index is 12.9. The second kappa shape index (κ2) is 4.82. The molecule has 2 nitrogen and oxygen atoms in total. The zero-order valence-electron chi connectivity index (χ0n) is 6.90. The van der Waals surface area contributed by atoms with E-state index in [1.54, 1.807) is 0 Å². The number of aliphatic imine (C=N–C) groups is 1. The summed E-state index contributed by atoms with van der Waals surface area (Å²) in [4.78, 5) is 3.86. The lowest BCUT2D eigenvalue weighted by Crippen LogP contribution is -2.12. The van der Waals surface area contributed by atoms with Crippen molar-refractivity contribution >= 4 is 46.3 Å². The number of benzene rings is 1. The summed E-state index contributed by atoms with van der Waals surface area (Å²) in [5.41, 5.74) is 5.69. The number of hydrogen-bond acceptors (Lipinski definition) is 1. The Morgan fingerprint density at radius 1 is 1.36 bits per heavy atom. The normalized spacial score (nSPS) is 11.9. The van der Waals surface area contributed by atoms with Crippen LogP contribution >= 0.6 is 34.8 Å². The Balaban J connectivity index is 3.18. The molecule has 0 amide bonds. The van der Waals surface area contributed by atoms with Crippen molar-refractivity contribution in [3.8, 4) is 0 Å². The molecule has 0 saturated heterocycles. The summed E-state index contributed by atoms with van der Waals surface area (Å²) < 4.78 is 12.9. The minimum Gasteiger partial charge on any atom is -0.386 e. The van der Waals surface area contributed by atoms with Crippen LogP contribution in [0.4, 0.5) is 10.1 Å². The summed E-state index contributed by atoms with van der Waals surface area (Å²) in [7, 11) is 0. The van der Waals surface area contributed by atoms with Crippen LogP contribution in [0.2, 0.25) is 10.0 Å². The van der Waals surface area contributed by atoms with E-state index < -0.39 is 5.82 Å². The molecule has 0 unspecified atom stereocenters. The van der Waals surface area contributed by atoms with Crippen molar-refractivity contribution in [3.63, 3.8) is 0 Å².